The lowest BCUT2D eigenvalue weighted by Crippen LogP contribution is -2.35. The Bertz CT molecular complexity index is 609. The molecular formula is C38H84N2O2S3. The van der Waals surface area contributed by atoms with Crippen molar-refractivity contribution >= 4 is 30.1 Å². The predicted molar refractivity (Wildman–Crippen MR) is 210 cm³/mol. The van der Waals surface area contributed by atoms with Gasteiger partial charge in [0.1, 0.15) is 0 Å². The van der Waals surface area contributed by atoms with Crippen molar-refractivity contribution in [1.82, 2.24) is 0 Å². The van der Waals surface area contributed by atoms with Gasteiger partial charge in [0.25, 0.3) is 0 Å². The summed E-state index contributed by atoms with van der Waals surface area (Å²) in [6.07, 6.45) is 40.7. The van der Waals surface area contributed by atoms with Gasteiger partial charge in [0.05, 0.1) is 55.4 Å². The van der Waals surface area contributed by atoms with Crippen molar-refractivity contribution < 1.29 is 18.1 Å². The van der Waals surface area contributed by atoms with E-state index in [9.17, 15) is 9.11 Å². The minimum absolute atomic E-state index is 1.12. The van der Waals surface area contributed by atoms with Gasteiger partial charge in [-0.1, -0.05) is 190 Å². The Kier molecular flexibility index (Phi) is 39.9. The zero-order valence-electron chi connectivity index (χ0n) is 32.1. The second-order valence-electron chi connectivity index (χ2n) is 15.6. The van der Waals surface area contributed by atoms with Crippen LogP contribution in [0.25, 0.3) is 0 Å². The van der Waals surface area contributed by atoms with Crippen LogP contribution in [0.4, 0.5) is 0 Å². The van der Waals surface area contributed by atoms with E-state index in [1.165, 1.54) is 193 Å². The summed E-state index contributed by atoms with van der Waals surface area (Å²) in [4.78, 5) is 0. The Labute approximate surface area is 295 Å². The van der Waals surface area contributed by atoms with Crippen LogP contribution in [0.2, 0.25) is 0 Å². The zero-order chi connectivity index (χ0) is 34.7. The molecule has 0 aliphatic heterocycles. The molecule has 0 aliphatic rings. The van der Waals surface area contributed by atoms with Crippen LogP contribution in [0.3, 0.4) is 0 Å². The molecule has 45 heavy (non-hydrogen) atoms. The summed E-state index contributed by atoms with van der Waals surface area (Å²) in [6.45, 7) is 7.25. The molecule has 0 saturated carbocycles. The number of nitrogens with zero attached hydrogens (tertiary/aromatic N) is 2. The van der Waals surface area contributed by atoms with Crippen molar-refractivity contribution in [2.75, 3.05) is 55.4 Å². The fraction of sp³-hybridized carbons (Fsp3) is 1.00. The number of hydrogen-bond acceptors (Lipinski definition) is 4. The molecule has 0 atom stereocenters. The fourth-order valence-electron chi connectivity index (χ4n) is 5.56. The average Bonchev–Trinajstić information content (AvgIpc) is 2.92. The van der Waals surface area contributed by atoms with E-state index in [2.05, 4.69) is 78.5 Å². The van der Waals surface area contributed by atoms with Crippen molar-refractivity contribution in [3.8, 4) is 0 Å². The molecule has 0 aliphatic carbocycles. The van der Waals surface area contributed by atoms with Crippen LogP contribution in [0.15, 0.2) is 0 Å². The van der Waals surface area contributed by atoms with Crippen LogP contribution >= 0.6 is 0 Å². The van der Waals surface area contributed by atoms with Crippen molar-refractivity contribution in [2.45, 2.75) is 194 Å². The normalized spacial score (nSPS) is 12.0. The second-order valence-corrected chi connectivity index (χ2v) is 19.7. The van der Waals surface area contributed by atoms with E-state index in [4.69, 9.17) is 0 Å². The van der Waals surface area contributed by atoms with Gasteiger partial charge in [-0.15, -0.1) is 0 Å². The third-order valence-corrected chi connectivity index (χ3v) is 8.36. The third kappa shape index (κ3) is 67.6. The maximum atomic E-state index is 9.26. The summed E-state index contributed by atoms with van der Waals surface area (Å²) >= 11 is 7.23. The first-order valence-electron chi connectivity index (χ1n) is 19.4. The van der Waals surface area contributed by atoms with E-state index < -0.39 is 7.71 Å². The molecule has 0 aromatic heterocycles. The number of rotatable bonds is 30. The standard InChI is InChI=1S/2C19H42N.H2O2S3/c2*1-5-6-7-8-9-10-11-12-13-14-15-16-17-18-19-20(2,3)4;1-5(2,3)4/h2*5-19H2,1-4H3;(H2,1,2,3,4)/q2*+1;/p-2. The first-order chi connectivity index (χ1) is 21.1. The molecule has 0 saturated heterocycles. The van der Waals surface area contributed by atoms with Gasteiger partial charge in [0, 0.05) is 0 Å². The topological polar surface area (TPSA) is 46.1 Å². The molecule has 276 valence electrons. The highest BCUT2D eigenvalue weighted by atomic mass is 33.1. The first kappa shape index (κ1) is 50.0. The van der Waals surface area contributed by atoms with Gasteiger partial charge in [0.2, 0.25) is 0 Å². The van der Waals surface area contributed by atoms with Gasteiger partial charge >= 0.3 is 0 Å². The van der Waals surface area contributed by atoms with E-state index in [-0.39, 0.29) is 0 Å². The Morgan fingerprint density at radius 1 is 0.333 bits per heavy atom. The highest BCUT2D eigenvalue weighted by molar-refractivity contribution is 8.50. The Hall–Kier alpha value is 0.630. The van der Waals surface area contributed by atoms with Gasteiger partial charge in [-0.3, -0.25) is 0 Å². The molecule has 0 rings (SSSR count). The van der Waals surface area contributed by atoms with Crippen LogP contribution < -0.4 is 0 Å². The highest BCUT2D eigenvalue weighted by Gasteiger charge is 2.06. The molecule has 0 fully saturated rings. The molecule has 0 unspecified atom stereocenters. The minimum atomic E-state index is -3.50. The van der Waals surface area contributed by atoms with Gasteiger partial charge in [-0.05, 0) is 25.7 Å². The summed E-state index contributed by atoms with van der Waals surface area (Å²) in [6, 6.07) is 0. The summed E-state index contributed by atoms with van der Waals surface area (Å²) < 4.78 is 20.8. The van der Waals surface area contributed by atoms with Crippen molar-refractivity contribution in [1.29, 1.82) is 0 Å². The largest absolute Gasteiger partial charge is 0.801 e. The summed E-state index contributed by atoms with van der Waals surface area (Å²) in [7, 11) is 10.3. The Morgan fingerprint density at radius 2 is 0.467 bits per heavy atom. The summed E-state index contributed by atoms with van der Waals surface area (Å²) in [5.74, 6) is 0. The quantitative estimate of drug-likeness (QED) is 0.0554. The first-order valence-corrected chi connectivity index (χ1v) is 22.7. The molecule has 0 aromatic rings. The average molecular weight is 697 g/mol. The number of unbranched alkanes of at least 4 members (excludes halogenated alkanes) is 26. The maximum absolute atomic E-state index is 9.26. The molecule has 4 nitrogen and oxygen atoms in total. The molecule has 0 bridgehead atoms. The van der Waals surface area contributed by atoms with Crippen LogP contribution in [-0.4, -0.2) is 73.4 Å². The molecule has 0 aromatic carbocycles. The monoisotopic (exact) mass is 697 g/mol. The van der Waals surface area contributed by atoms with Gasteiger partial charge < -0.3 is 18.1 Å². The summed E-state index contributed by atoms with van der Waals surface area (Å²) in [5, 5.41) is 0. The molecule has 7 heteroatoms. The molecule has 0 radical (unpaired) electrons. The van der Waals surface area contributed by atoms with Crippen LogP contribution in [0, 0.1) is 0 Å². The predicted octanol–water partition coefficient (Wildman–Crippen LogP) is 11.7. The van der Waals surface area contributed by atoms with E-state index in [1.54, 1.807) is 0 Å². The van der Waals surface area contributed by atoms with Crippen molar-refractivity contribution in [3.63, 3.8) is 0 Å². The lowest BCUT2D eigenvalue weighted by molar-refractivity contribution is -0.870. The molecule has 0 spiro atoms. The number of hydrogen-bond donors (Lipinski definition) is 0. The molecule has 0 heterocycles. The lowest BCUT2D eigenvalue weighted by Gasteiger charge is -2.23. The summed E-state index contributed by atoms with van der Waals surface area (Å²) in [5.41, 5.74) is 0. The van der Waals surface area contributed by atoms with Gasteiger partial charge in [0.15, 0.2) is 0 Å². The van der Waals surface area contributed by atoms with Crippen LogP contribution in [0.5, 0.6) is 0 Å². The smallest absolute Gasteiger partial charge is 0.0780 e. The highest BCUT2D eigenvalue weighted by Crippen LogP contribution is 2.14. The molecule has 0 N–H and O–H groups in total. The van der Waals surface area contributed by atoms with Gasteiger partial charge in [-0.2, -0.15) is 0 Å². The third-order valence-electron chi connectivity index (χ3n) is 8.36. The molecule has 0 amide bonds. The van der Waals surface area contributed by atoms with E-state index >= 15 is 0 Å². The van der Waals surface area contributed by atoms with E-state index in [0.29, 0.717) is 0 Å². The van der Waals surface area contributed by atoms with Crippen molar-refractivity contribution in [2.24, 2.45) is 0 Å². The maximum Gasteiger partial charge on any atom is 0.0780 e. The van der Waals surface area contributed by atoms with Crippen LogP contribution in [0.1, 0.15) is 194 Å². The lowest BCUT2D eigenvalue weighted by atomic mass is 10.0. The fourth-order valence-corrected chi connectivity index (χ4v) is 5.56. The van der Waals surface area contributed by atoms with E-state index in [0.717, 1.165) is 8.97 Å². The van der Waals surface area contributed by atoms with Gasteiger partial charge in [-0.25, -0.2) is 7.71 Å². The second kappa shape index (κ2) is 35.9. The number of quaternary nitrogens is 2. The van der Waals surface area contributed by atoms with Crippen molar-refractivity contribution in [3.05, 3.63) is 0 Å². The minimum Gasteiger partial charge on any atom is -0.801 e. The van der Waals surface area contributed by atoms with E-state index in [1.807, 2.05) is 0 Å². The van der Waals surface area contributed by atoms with Crippen LogP contribution in [-0.2, 0) is 30.1 Å². The Morgan fingerprint density at radius 3 is 0.600 bits per heavy atom. The Balaban J connectivity index is -0.000000680. The SMILES string of the molecule is CCCCCCCCCCCCCCCC[N+](C)(C)C.CCCCCCCCCCCCCCCC[N+](C)(C)C.[O-]S([O-])(=S)=S. The zero-order valence-corrected chi connectivity index (χ0v) is 34.6. The molecular weight excluding hydrogens is 613 g/mol.